The van der Waals surface area contributed by atoms with Gasteiger partial charge in [0.05, 0.1) is 17.5 Å². The van der Waals surface area contributed by atoms with Crippen LogP contribution in [0.25, 0.3) is 16.6 Å². The summed E-state index contributed by atoms with van der Waals surface area (Å²) in [5.74, 6) is 0.477. The molecular weight excluding hydrogens is 356 g/mol. The average Bonchev–Trinajstić information content (AvgIpc) is 3.25. The summed E-state index contributed by atoms with van der Waals surface area (Å²) in [6.07, 6.45) is 5.23. The van der Waals surface area contributed by atoms with Crippen molar-refractivity contribution in [2.45, 2.75) is 13.0 Å². The fourth-order valence-electron chi connectivity index (χ4n) is 3.08. The van der Waals surface area contributed by atoms with E-state index in [4.69, 9.17) is 0 Å². The maximum absolute atomic E-state index is 12.5. The number of nitrogens with zero attached hydrogens (tertiary/aromatic N) is 5. The highest BCUT2D eigenvalue weighted by Crippen LogP contribution is 2.14. The quantitative estimate of drug-likeness (QED) is 0.569. The molecule has 4 aromatic rings. The van der Waals surface area contributed by atoms with Crippen molar-refractivity contribution in [1.29, 1.82) is 0 Å². The van der Waals surface area contributed by atoms with Crippen LogP contribution in [0, 0.1) is 0 Å². The van der Waals surface area contributed by atoms with Crippen LogP contribution in [0.4, 0.5) is 0 Å². The second kappa shape index (κ2) is 7.43. The maximum Gasteiger partial charge on any atom is 0.274 e. The molecule has 0 saturated carbocycles. The minimum atomic E-state index is -0.188. The first-order valence-corrected chi connectivity index (χ1v) is 8.79. The summed E-state index contributed by atoms with van der Waals surface area (Å²) >= 11 is 0. The molecule has 28 heavy (non-hydrogen) atoms. The molecule has 1 N–H and O–H groups in total. The number of hydrogen-bond acceptors (Lipinski definition) is 5. The lowest BCUT2D eigenvalue weighted by Gasteiger charge is -2.11. The fourth-order valence-corrected chi connectivity index (χ4v) is 3.08. The Balaban J connectivity index is 1.54. The lowest BCUT2D eigenvalue weighted by molar-refractivity contribution is -0.120. The third kappa shape index (κ3) is 3.39. The van der Waals surface area contributed by atoms with Crippen LogP contribution in [0.5, 0.6) is 0 Å². The van der Waals surface area contributed by atoms with Crippen LogP contribution in [0.15, 0.2) is 65.8 Å². The van der Waals surface area contributed by atoms with Gasteiger partial charge in [-0.3, -0.25) is 9.59 Å². The zero-order valence-electron chi connectivity index (χ0n) is 15.2. The Hall–Kier alpha value is -3.81. The molecule has 0 bridgehead atoms. The Kier molecular flexibility index (Phi) is 4.67. The number of pyridine rings is 1. The molecule has 140 valence electrons. The van der Waals surface area contributed by atoms with E-state index >= 15 is 0 Å². The topological polar surface area (TPSA) is 94.7 Å². The standard InChI is InChI=1S/C20H18N6O2/c1-25-20(28)16-8-3-2-7-15(16)17(24-25)12-18(27)22-13-14-6-4-9-21-19(14)26-11-5-10-23-26/h2-11H,12-13H2,1H3,(H,22,27). The van der Waals surface area contributed by atoms with Gasteiger partial charge >= 0.3 is 0 Å². The number of benzene rings is 1. The van der Waals surface area contributed by atoms with Gasteiger partial charge in [-0.05, 0) is 18.2 Å². The number of fused-ring (bicyclic) bond motifs is 1. The molecule has 4 rings (SSSR count). The Morgan fingerprint density at radius 1 is 1.07 bits per heavy atom. The van der Waals surface area contributed by atoms with Gasteiger partial charge in [-0.2, -0.15) is 10.2 Å². The highest BCUT2D eigenvalue weighted by Gasteiger charge is 2.13. The lowest BCUT2D eigenvalue weighted by atomic mass is 10.1. The fraction of sp³-hybridized carbons (Fsp3) is 0.150. The van der Waals surface area contributed by atoms with E-state index in [1.54, 1.807) is 42.5 Å². The first kappa shape index (κ1) is 17.6. The Bertz CT molecular complexity index is 1200. The number of hydrogen-bond donors (Lipinski definition) is 1. The predicted octanol–water partition coefficient (Wildman–Crippen LogP) is 1.37. The van der Waals surface area contributed by atoms with E-state index in [-0.39, 0.29) is 17.9 Å². The summed E-state index contributed by atoms with van der Waals surface area (Å²) in [6.45, 7) is 0.311. The molecule has 0 saturated heterocycles. The molecule has 0 aliphatic carbocycles. The Morgan fingerprint density at radius 3 is 2.68 bits per heavy atom. The molecule has 3 aromatic heterocycles. The SMILES string of the molecule is Cn1nc(CC(=O)NCc2cccnc2-n2cccn2)c2ccccc2c1=O. The molecule has 0 radical (unpaired) electrons. The van der Waals surface area contributed by atoms with E-state index in [0.717, 1.165) is 5.56 Å². The molecule has 0 aliphatic heterocycles. The monoisotopic (exact) mass is 374 g/mol. The summed E-state index contributed by atoms with van der Waals surface area (Å²) in [4.78, 5) is 29.1. The summed E-state index contributed by atoms with van der Waals surface area (Å²) < 4.78 is 2.92. The number of nitrogens with one attached hydrogen (secondary N) is 1. The third-order valence-corrected chi connectivity index (χ3v) is 4.43. The molecule has 1 amide bonds. The van der Waals surface area contributed by atoms with Gasteiger partial charge in [0, 0.05) is 43.1 Å². The van der Waals surface area contributed by atoms with Crippen LogP contribution < -0.4 is 10.9 Å². The zero-order valence-corrected chi connectivity index (χ0v) is 15.2. The molecule has 3 heterocycles. The molecule has 0 aliphatic rings. The third-order valence-electron chi connectivity index (χ3n) is 4.43. The van der Waals surface area contributed by atoms with Gasteiger partial charge in [0.25, 0.3) is 5.56 Å². The van der Waals surface area contributed by atoms with Crippen molar-refractivity contribution < 1.29 is 4.79 Å². The van der Waals surface area contributed by atoms with Crippen molar-refractivity contribution in [1.82, 2.24) is 29.9 Å². The maximum atomic E-state index is 12.5. The molecule has 8 nitrogen and oxygen atoms in total. The first-order chi connectivity index (χ1) is 13.6. The molecule has 1 aromatic carbocycles. The van der Waals surface area contributed by atoms with Gasteiger partial charge < -0.3 is 5.32 Å². The van der Waals surface area contributed by atoms with Crippen molar-refractivity contribution in [2.75, 3.05) is 0 Å². The summed E-state index contributed by atoms with van der Waals surface area (Å²) in [5.41, 5.74) is 1.23. The number of carbonyl (C=O) groups is 1. The Labute approximate surface area is 160 Å². The van der Waals surface area contributed by atoms with Gasteiger partial charge in [0.2, 0.25) is 5.91 Å². The van der Waals surface area contributed by atoms with Crippen LogP contribution in [-0.4, -0.2) is 30.5 Å². The molecule has 8 heteroatoms. The van der Waals surface area contributed by atoms with Gasteiger partial charge in [-0.1, -0.05) is 24.3 Å². The van der Waals surface area contributed by atoms with Crippen LogP contribution in [0.1, 0.15) is 11.3 Å². The largest absolute Gasteiger partial charge is 0.352 e. The van der Waals surface area contributed by atoms with Crippen LogP contribution in [0.2, 0.25) is 0 Å². The van der Waals surface area contributed by atoms with E-state index in [0.29, 0.717) is 28.8 Å². The van der Waals surface area contributed by atoms with E-state index < -0.39 is 0 Å². The van der Waals surface area contributed by atoms with E-state index in [9.17, 15) is 9.59 Å². The number of amides is 1. The zero-order chi connectivity index (χ0) is 19.5. The van der Waals surface area contributed by atoms with E-state index in [1.807, 2.05) is 30.3 Å². The molecule has 0 fully saturated rings. The number of carbonyl (C=O) groups excluding carboxylic acids is 1. The second-order valence-electron chi connectivity index (χ2n) is 6.31. The Morgan fingerprint density at radius 2 is 1.89 bits per heavy atom. The van der Waals surface area contributed by atoms with Crippen molar-refractivity contribution >= 4 is 16.7 Å². The van der Waals surface area contributed by atoms with Gasteiger partial charge in [-0.15, -0.1) is 0 Å². The smallest absolute Gasteiger partial charge is 0.274 e. The van der Waals surface area contributed by atoms with Gasteiger partial charge in [0.1, 0.15) is 0 Å². The van der Waals surface area contributed by atoms with Crippen molar-refractivity contribution in [3.8, 4) is 5.82 Å². The van der Waals surface area contributed by atoms with Crippen LogP contribution in [0.3, 0.4) is 0 Å². The summed E-state index contributed by atoms with van der Waals surface area (Å²) in [7, 11) is 1.59. The van der Waals surface area contributed by atoms with Crippen LogP contribution >= 0.6 is 0 Å². The summed E-state index contributed by atoms with van der Waals surface area (Å²) in [5, 5.41) is 12.6. The minimum Gasteiger partial charge on any atom is -0.352 e. The van der Waals surface area contributed by atoms with Gasteiger partial charge in [0.15, 0.2) is 5.82 Å². The average molecular weight is 374 g/mol. The van der Waals surface area contributed by atoms with Gasteiger partial charge in [-0.25, -0.2) is 14.3 Å². The van der Waals surface area contributed by atoms with Crippen LogP contribution in [-0.2, 0) is 24.8 Å². The van der Waals surface area contributed by atoms with Crippen molar-refractivity contribution in [3.63, 3.8) is 0 Å². The normalized spacial score (nSPS) is 10.9. The highest BCUT2D eigenvalue weighted by atomic mass is 16.1. The number of aromatic nitrogens is 5. The minimum absolute atomic E-state index is 0.0754. The van der Waals surface area contributed by atoms with E-state index in [1.165, 1.54) is 4.68 Å². The van der Waals surface area contributed by atoms with E-state index in [2.05, 4.69) is 20.5 Å². The number of rotatable bonds is 5. The molecule has 0 spiro atoms. The molecule has 0 unspecified atom stereocenters. The van der Waals surface area contributed by atoms with Crippen molar-refractivity contribution in [2.24, 2.45) is 7.05 Å². The summed E-state index contributed by atoms with van der Waals surface area (Å²) in [6, 6.07) is 12.7. The molecular formula is C20H18N6O2. The first-order valence-electron chi connectivity index (χ1n) is 8.79. The molecule has 0 atom stereocenters. The predicted molar refractivity (Wildman–Crippen MR) is 104 cm³/mol. The number of aryl methyl sites for hydroxylation is 1. The lowest BCUT2D eigenvalue weighted by Crippen LogP contribution is -2.28. The second-order valence-corrected chi connectivity index (χ2v) is 6.31. The van der Waals surface area contributed by atoms with Crippen molar-refractivity contribution in [3.05, 3.63) is 82.7 Å². The highest BCUT2D eigenvalue weighted by molar-refractivity contribution is 5.88.